The molecule has 1 saturated carbocycles. The van der Waals surface area contributed by atoms with Gasteiger partial charge in [-0.15, -0.1) is 22.9 Å². The van der Waals surface area contributed by atoms with Gasteiger partial charge in [-0.25, -0.2) is 4.98 Å². The van der Waals surface area contributed by atoms with E-state index in [2.05, 4.69) is 4.98 Å². The summed E-state index contributed by atoms with van der Waals surface area (Å²) in [7, 11) is 0. The summed E-state index contributed by atoms with van der Waals surface area (Å²) < 4.78 is 37.3. The van der Waals surface area contributed by atoms with Gasteiger partial charge in [0.15, 0.2) is 0 Å². The molecule has 0 amide bonds. The van der Waals surface area contributed by atoms with E-state index in [1.807, 2.05) is 5.38 Å². The minimum Gasteiger partial charge on any atom is -0.292 e. The Balaban J connectivity index is 1.68. The van der Waals surface area contributed by atoms with E-state index in [1.165, 1.54) is 0 Å². The van der Waals surface area contributed by atoms with E-state index in [4.69, 9.17) is 11.6 Å². The van der Waals surface area contributed by atoms with Gasteiger partial charge in [-0.3, -0.25) is 4.90 Å². The molecule has 0 spiro atoms. The Morgan fingerprint density at radius 1 is 1.35 bits per heavy atom. The molecule has 1 aromatic heterocycles. The van der Waals surface area contributed by atoms with Crippen molar-refractivity contribution >= 4 is 22.9 Å². The molecule has 114 valence electrons. The first-order valence-electron chi connectivity index (χ1n) is 6.78. The van der Waals surface area contributed by atoms with Crippen molar-refractivity contribution in [3.8, 4) is 0 Å². The molecular weight excluding hydrogens is 309 g/mol. The summed E-state index contributed by atoms with van der Waals surface area (Å²) >= 11 is 7.25. The maximum Gasteiger partial charge on any atom is 0.401 e. The molecule has 0 N–H and O–H groups in total. The van der Waals surface area contributed by atoms with Crippen molar-refractivity contribution in [2.75, 3.05) is 13.1 Å². The lowest BCUT2D eigenvalue weighted by Crippen LogP contribution is -2.36. The molecule has 1 aliphatic carbocycles. The van der Waals surface area contributed by atoms with E-state index < -0.39 is 12.7 Å². The topological polar surface area (TPSA) is 16.1 Å². The summed E-state index contributed by atoms with van der Waals surface area (Å²) in [5, 5.41) is 2.96. The molecule has 2 rings (SSSR count). The Labute approximate surface area is 125 Å². The van der Waals surface area contributed by atoms with Crippen LogP contribution in [0.1, 0.15) is 36.4 Å². The smallest absolute Gasteiger partial charge is 0.292 e. The van der Waals surface area contributed by atoms with Crippen molar-refractivity contribution in [3.05, 3.63) is 16.1 Å². The van der Waals surface area contributed by atoms with E-state index in [-0.39, 0.29) is 6.04 Å². The Morgan fingerprint density at radius 2 is 2.10 bits per heavy atom. The summed E-state index contributed by atoms with van der Waals surface area (Å²) in [5.74, 6) is 0.414. The molecule has 7 heteroatoms. The highest BCUT2D eigenvalue weighted by molar-refractivity contribution is 7.09. The highest BCUT2D eigenvalue weighted by Crippen LogP contribution is 2.30. The summed E-state index contributed by atoms with van der Waals surface area (Å²) in [4.78, 5) is 5.92. The quantitative estimate of drug-likeness (QED) is 0.525. The molecule has 0 unspecified atom stereocenters. The summed E-state index contributed by atoms with van der Waals surface area (Å²) in [5.41, 5.74) is 0.878. The normalized spacial score (nSPS) is 16.1. The zero-order valence-corrected chi connectivity index (χ0v) is 12.7. The number of aryl methyl sites for hydroxylation is 1. The summed E-state index contributed by atoms with van der Waals surface area (Å²) in [6.07, 6.45) is 0.196. The molecule has 0 saturated heterocycles. The van der Waals surface area contributed by atoms with Gasteiger partial charge in [0.2, 0.25) is 0 Å². The van der Waals surface area contributed by atoms with E-state index in [0.717, 1.165) is 42.8 Å². The lowest BCUT2D eigenvalue weighted by atomic mass is 10.2. The summed E-state index contributed by atoms with van der Waals surface area (Å²) in [6, 6.07) is 0.152. The van der Waals surface area contributed by atoms with E-state index in [1.54, 1.807) is 16.2 Å². The molecule has 0 aliphatic heterocycles. The van der Waals surface area contributed by atoms with Crippen LogP contribution in [0.4, 0.5) is 13.2 Å². The van der Waals surface area contributed by atoms with Gasteiger partial charge in [-0.05, 0) is 38.6 Å². The van der Waals surface area contributed by atoms with Crippen molar-refractivity contribution in [2.45, 2.75) is 50.2 Å². The first kappa shape index (κ1) is 16.0. The van der Waals surface area contributed by atoms with Crippen molar-refractivity contribution in [3.63, 3.8) is 0 Å². The number of nitrogens with zero attached hydrogens (tertiary/aromatic N) is 2. The van der Waals surface area contributed by atoms with E-state index >= 15 is 0 Å². The molecule has 20 heavy (non-hydrogen) atoms. The Morgan fingerprint density at radius 3 is 2.65 bits per heavy atom. The van der Waals surface area contributed by atoms with Gasteiger partial charge in [0, 0.05) is 11.4 Å². The zero-order chi connectivity index (χ0) is 14.6. The second-order valence-corrected chi connectivity index (χ2v) is 6.35. The van der Waals surface area contributed by atoms with Gasteiger partial charge in [-0.1, -0.05) is 0 Å². The van der Waals surface area contributed by atoms with Gasteiger partial charge in [0.1, 0.15) is 0 Å². The lowest BCUT2D eigenvalue weighted by molar-refractivity contribution is -0.147. The Kier molecular flexibility index (Phi) is 5.69. The number of halogens is 4. The molecule has 2 nitrogen and oxygen atoms in total. The molecule has 1 fully saturated rings. The maximum absolute atomic E-state index is 12.4. The van der Waals surface area contributed by atoms with Crippen molar-refractivity contribution in [1.82, 2.24) is 9.88 Å². The van der Waals surface area contributed by atoms with E-state index in [0.29, 0.717) is 12.4 Å². The molecule has 0 aromatic carbocycles. The van der Waals surface area contributed by atoms with Crippen LogP contribution in [-0.4, -0.2) is 35.2 Å². The first-order chi connectivity index (χ1) is 9.48. The molecule has 0 radical (unpaired) electrons. The third-order valence-electron chi connectivity index (χ3n) is 3.27. The lowest BCUT2D eigenvalue weighted by Gasteiger charge is -2.23. The molecule has 1 heterocycles. The minimum absolute atomic E-state index is 0.152. The van der Waals surface area contributed by atoms with Crippen LogP contribution in [0.25, 0.3) is 0 Å². The van der Waals surface area contributed by atoms with Gasteiger partial charge >= 0.3 is 6.18 Å². The van der Waals surface area contributed by atoms with Crippen LogP contribution >= 0.6 is 22.9 Å². The fraction of sp³-hybridized carbons (Fsp3) is 0.769. The fourth-order valence-corrected chi connectivity index (χ4v) is 3.25. The minimum atomic E-state index is -4.09. The number of unbranched alkanes of at least 4 members (excludes halogenated alkanes) is 1. The average molecular weight is 327 g/mol. The highest BCUT2D eigenvalue weighted by atomic mass is 35.5. The fourth-order valence-electron chi connectivity index (χ4n) is 2.18. The number of aromatic nitrogens is 1. The van der Waals surface area contributed by atoms with Gasteiger partial charge < -0.3 is 0 Å². The average Bonchev–Trinajstić information content (AvgIpc) is 3.11. The van der Waals surface area contributed by atoms with Crippen LogP contribution in [0.3, 0.4) is 0 Å². The van der Waals surface area contributed by atoms with Crippen LogP contribution in [-0.2, 0) is 12.3 Å². The van der Waals surface area contributed by atoms with Crippen LogP contribution in [0, 0.1) is 0 Å². The van der Waals surface area contributed by atoms with Gasteiger partial charge in [-0.2, -0.15) is 13.2 Å². The number of alkyl halides is 4. The van der Waals surface area contributed by atoms with Crippen LogP contribution in [0.15, 0.2) is 5.38 Å². The van der Waals surface area contributed by atoms with Crippen LogP contribution in [0.5, 0.6) is 0 Å². The molecular formula is C13H18ClF3N2S. The van der Waals surface area contributed by atoms with Gasteiger partial charge in [0.25, 0.3) is 0 Å². The largest absolute Gasteiger partial charge is 0.401 e. The molecule has 1 aromatic rings. The standard InChI is InChI=1S/C13H18ClF3N2S/c14-7-10-8-20-12(18-10)3-1-2-6-19(11-4-5-11)9-13(15,16)17/h8,11H,1-7,9H2. The summed E-state index contributed by atoms with van der Waals surface area (Å²) in [6.45, 7) is -0.247. The number of hydrogen-bond donors (Lipinski definition) is 0. The number of rotatable bonds is 8. The predicted octanol–water partition coefficient (Wildman–Crippen LogP) is 4.23. The third kappa shape index (κ3) is 5.58. The van der Waals surface area contributed by atoms with E-state index in [9.17, 15) is 13.2 Å². The number of hydrogen-bond acceptors (Lipinski definition) is 3. The Bertz CT molecular complexity index is 418. The van der Waals surface area contributed by atoms with Crippen LogP contribution < -0.4 is 0 Å². The zero-order valence-electron chi connectivity index (χ0n) is 11.1. The number of thiazole rings is 1. The van der Waals surface area contributed by atoms with Crippen molar-refractivity contribution in [1.29, 1.82) is 0 Å². The molecule has 1 aliphatic rings. The highest BCUT2D eigenvalue weighted by Gasteiger charge is 2.37. The maximum atomic E-state index is 12.4. The first-order valence-corrected chi connectivity index (χ1v) is 8.19. The third-order valence-corrected chi connectivity index (χ3v) is 4.50. The molecule has 0 bridgehead atoms. The second kappa shape index (κ2) is 7.09. The monoisotopic (exact) mass is 326 g/mol. The van der Waals surface area contributed by atoms with Crippen molar-refractivity contribution in [2.24, 2.45) is 0 Å². The Hall–Kier alpha value is -0.330. The van der Waals surface area contributed by atoms with Crippen molar-refractivity contribution < 1.29 is 13.2 Å². The second-order valence-electron chi connectivity index (χ2n) is 5.14. The molecule has 0 atom stereocenters. The SMILES string of the molecule is FC(F)(F)CN(CCCCc1nc(CCl)cs1)C1CC1. The van der Waals surface area contributed by atoms with Gasteiger partial charge in [0.05, 0.1) is 23.1 Å². The predicted molar refractivity (Wildman–Crippen MR) is 75.3 cm³/mol. The van der Waals surface area contributed by atoms with Crippen LogP contribution in [0.2, 0.25) is 0 Å².